The number of esters is 1. The van der Waals surface area contributed by atoms with E-state index < -0.39 is 12.6 Å². The summed E-state index contributed by atoms with van der Waals surface area (Å²) < 4.78 is 20.9. The molecule has 0 unspecified atom stereocenters. The van der Waals surface area contributed by atoms with Crippen LogP contribution < -0.4 is 14.2 Å². The van der Waals surface area contributed by atoms with Crippen molar-refractivity contribution in [3.8, 4) is 23.3 Å². The number of rotatable bonds is 9. The maximum atomic E-state index is 12.5. The Bertz CT molecular complexity index is 1050. The molecule has 1 heterocycles. The van der Waals surface area contributed by atoms with E-state index in [1.807, 2.05) is 0 Å². The first kappa shape index (κ1) is 21.6. The van der Waals surface area contributed by atoms with E-state index >= 15 is 0 Å². The highest BCUT2D eigenvalue weighted by Crippen LogP contribution is 2.29. The van der Waals surface area contributed by atoms with Crippen molar-refractivity contribution < 1.29 is 33.6 Å². The lowest BCUT2D eigenvalue weighted by molar-refractivity contribution is 0.0467. The largest absolute Gasteiger partial charge is 0.507 e. The van der Waals surface area contributed by atoms with Crippen LogP contribution in [-0.4, -0.2) is 47.7 Å². The van der Waals surface area contributed by atoms with Crippen molar-refractivity contribution in [2.75, 3.05) is 20.8 Å². The lowest BCUT2D eigenvalue weighted by Crippen LogP contribution is -2.15. The van der Waals surface area contributed by atoms with Gasteiger partial charge in [0.1, 0.15) is 23.7 Å². The van der Waals surface area contributed by atoms with Gasteiger partial charge in [-0.3, -0.25) is 4.79 Å². The van der Waals surface area contributed by atoms with Crippen LogP contribution in [0, 0.1) is 0 Å². The molecular formula is C22H20N2O7. The fourth-order valence-corrected chi connectivity index (χ4v) is 2.62. The Balaban J connectivity index is 1.73. The summed E-state index contributed by atoms with van der Waals surface area (Å²) in [5.41, 5.74) is 0.200. The van der Waals surface area contributed by atoms with Gasteiger partial charge in [0.05, 0.1) is 20.3 Å². The van der Waals surface area contributed by atoms with Crippen LogP contribution in [0.15, 0.2) is 54.6 Å². The zero-order valence-corrected chi connectivity index (χ0v) is 16.9. The van der Waals surface area contributed by atoms with Crippen LogP contribution in [0.25, 0.3) is 0 Å². The number of aromatic hydroxyl groups is 1. The van der Waals surface area contributed by atoms with Gasteiger partial charge >= 0.3 is 5.97 Å². The second-order valence-electron chi connectivity index (χ2n) is 6.17. The van der Waals surface area contributed by atoms with Crippen molar-refractivity contribution in [3.05, 3.63) is 71.5 Å². The third kappa shape index (κ3) is 5.47. The number of aromatic nitrogens is 2. The monoisotopic (exact) mass is 424 g/mol. The number of carbonyl (C=O) groups is 2. The lowest BCUT2D eigenvalue weighted by atomic mass is 10.1. The molecular weight excluding hydrogens is 404 g/mol. The van der Waals surface area contributed by atoms with E-state index in [-0.39, 0.29) is 47.0 Å². The maximum absolute atomic E-state index is 12.5. The number of methoxy groups -OCH3 is 2. The zero-order valence-electron chi connectivity index (χ0n) is 16.9. The Morgan fingerprint density at radius 2 is 1.61 bits per heavy atom. The van der Waals surface area contributed by atoms with Crippen molar-refractivity contribution in [1.29, 1.82) is 0 Å². The number of phenols is 1. The third-order valence-corrected chi connectivity index (χ3v) is 4.14. The van der Waals surface area contributed by atoms with Gasteiger partial charge in [-0.25, -0.2) is 4.79 Å². The van der Waals surface area contributed by atoms with E-state index in [0.717, 1.165) is 0 Å². The predicted octanol–water partition coefficient (Wildman–Crippen LogP) is 2.82. The van der Waals surface area contributed by atoms with Crippen LogP contribution in [0.2, 0.25) is 0 Å². The predicted molar refractivity (Wildman–Crippen MR) is 109 cm³/mol. The molecule has 0 aliphatic heterocycles. The van der Waals surface area contributed by atoms with Crippen molar-refractivity contribution in [2.45, 2.75) is 6.61 Å². The van der Waals surface area contributed by atoms with Crippen molar-refractivity contribution in [1.82, 2.24) is 9.97 Å². The van der Waals surface area contributed by atoms with E-state index in [1.54, 1.807) is 30.3 Å². The van der Waals surface area contributed by atoms with Crippen LogP contribution in [-0.2, 0) is 11.3 Å². The number of nitrogens with zero attached hydrogens (tertiary/aromatic N) is 2. The molecule has 1 aromatic heterocycles. The summed E-state index contributed by atoms with van der Waals surface area (Å²) in [6.07, 6.45) is 0. The minimum Gasteiger partial charge on any atom is -0.507 e. The average molecular weight is 424 g/mol. The summed E-state index contributed by atoms with van der Waals surface area (Å²) in [5.74, 6) is -0.787. The molecule has 0 radical (unpaired) electrons. The summed E-state index contributed by atoms with van der Waals surface area (Å²) in [7, 11) is 2.90. The minimum atomic E-state index is -0.901. The molecule has 2 aromatic carbocycles. The first-order valence-corrected chi connectivity index (χ1v) is 9.18. The molecule has 0 fully saturated rings. The van der Waals surface area contributed by atoms with Crippen LogP contribution in [0.5, 0.6) is 23.3 Å². The summed E-state index contributed by atoms with van der Waals surface area (Å²) in [6.45, 7) is -0.618. The molecule has 3 aromatic rings. The molecule has 31 heavy (non-hydrogen) atoms. The van der Waals surface area contributed by atoms with Gasteiger partial charge in [-0.1, -0.05) is 36.4 Å². The molecule has 1 N–H and O–H groups in total. The summed E-state index contributed by atoms with van der Waals surface area (Å²) >= 11 is 0. The highest BCUT2D eigenvalue weighted by molar-refractivity contribution is 6.00. The molecule has 0 spiro atoms. The molecule has 0 saturated carbocycles. The number of Topliss-reactive ketones (excluding diaryl/α,β-unsaturated/α-hetero) is 1. The molecule has 0 aliphatic rings. The number of hydrogen-bond acceptors (Lipinski definition) is 9. The fraction of sp³-hybridized carbons (Fsp3) is 0.182. The first-order valence-electron chi connectivity index (χ1n) is 9.18. The third-order valence-electron chi connectivity index (χ3n) is 4.14. The molecule has 3 rings (SSSR count). The van der Waals surface area contributed by atoms with E-state index in [9.17, 15) is 14.7 Å². The minimum absolute atomic E-state index is 0.0440. The number of hydrogen-bond donors (Lipinski definition) is 1. The second-order valence-corrected chi connectivity index (χ2v) is 6.17. The smallest absolute Gasteiger partial charge is 0.346 e. The van der Waals surface area contributed by atoms with Crippen LogP contribution in [0.1, 0.15) is 26.5 Å². The molecule has 160 valence electrons. The number of benzene rings is 2. The van der Waals surface area contributed by atoms with Crippen molar-refractivity contribution in [2.24, 2.45) is 0 Å². The second kappa shape index (κ2) is 10.1. The van der Waals surface area contributed by atoms with Gasteiger partial charge in [-0.15, -0.1) is 0 Å². The number of ketones is 1. The summed E-state index contributed by atoms with van der Waals surface area (Å²) in [6, 6.07) is 14.2. The van der Waals surface area contributed by atoms with Gasteiger partial charge in [-0.2, -0.15) is 9.97 Å². The first-order chi connectivity index (χ1) is 15.0. The average Bonchev–Trinajstić information content (AvgIpc) is 2.81. The normalized spacial score (nSPS) is 10.3. The highest BCUT2D eigenvalue weighted by atomic mass is 16.5. The van der Waals surface area contributed by atoms with Crippen LogP contribution in [0.3, 0.4) is 0 Å². The Kier molecular flexibility index (Phi) is 7.00. The SMILES string of the molecule is COc1cc(OC)nc(COc2cccc(O)c2C(=O)OCC(=O)c2ccccc2)n1. The molecule has 0 amide bonds. The van der Waals surface area contributed by atoms with Gasteiger partial charge < -0.3 is 24.1 Å². The Hall–Kier alpha value is -4.14. The molecule has 0 bridgehead atoms. The molecule has 0 atom stereocenters. The number of phenolic OH excluding ortho intramolecular Hbond substituents is 1. The maximum Gasteiger partial charge on any atom is 0.346 e. The van der Waals surface area contributed by atoms with Crippen LogP contribution >= 0.6 is 0 Å². The van der Waals surface area contributed by atoms with E-state index in [1.165, 1.54) is 38.5 Å². The number of carbonyl (C=O) groups excluding carboxylic acids is 2. The Labute approximate surface area is 178 Å². The van der Waals surface area contributed by atoms with E-state index in [4.69, 9.17) is 18.9 Å². The molecule has 9 nitrogen and oxygen atoms in total. The quantitative estimate of drug-likeness (QED) is 0.409. The van der Waals surface area contributed by atoms with E-state index in [2.05, 4.69) is 9.97 Å². The van der Waals surface area contributed by atoms with Gasteiger partial charge in [0, 0.05) is 5.56 Å². The molecule has 0 saturated heterocycles. The topological polar surface area (TPSA) is 117 Å². The van der Waals surface area contributed by atoms with Gasteiger partial charge in [-0.05, 0) is 12.1 Å². The lowest BCUT2D eigenvalue weighted by Gasteiger charge is -2.12. The van der Waals surface area contributed by atoms with Gasteiger partial charge in [0.15, 0.2) is 18.2 Å². The molecule has 9 heteroatoms. The standard InChI is InChI=1S/C22H20N2O7/c1-28-19-11-20(29-2)24-18(23-19)13-30-17-10-6-9-15(25)21(17)22(27)31-12-16(26)14-7-4-3-5-8-14/h3-11,25H,12-13H2,1-2H3. The number of ether oxygens (including phenoxy) is 4. The molecule has 0 aliphatic carbocycles. The van der Waals surface area contributed by atoms with Gasteiger partial charge in [0.2, 0.25) is 11.8 Å². The van der Waals surface area contributed by atoms with Crippen molar-refractivity contribution in [3.63, 3.8) is 0 Å². The zero-order chi connectivity index (χ0) is 22.2. The Morgan fingerprint density at radius 1 is 0.935 bits per heavy atom. The summed E-state index contributed by atoms with van der Waals surface area (Å²) in [5, 5.41) is 10.2. The van der Waals surface area contributed by atoms with E-state index in [0.29, 0.717) is 5.56 Å². The van der Waals surface area contributed by atoms with Crippen LogP contribution in [0.4, 0.5) is 0 Å². The summed E-state index contributed by atoms with van der Waals surface area (Å²) in [4.78, 5) is 33.0. The van der Waals surface area contributed by atoms with Crippen molar-refractivity contribution >= 4 is 11.8 Å². The highest BCUT2D eigenvalue weighted by Gasteiger charge is 2.21. The Morgan fingerprint density at radius 3 is 2.26 bits per heavy atom. The van der Waals surface area contributed by atoms with Gasteiger partial charge in [0.25, 0.3) is 0 Å². The fourth-order valence-electron chi connectivity index (χ4n) is 2.62.